The van der Waals surface area contributed by atoms with Gasteiger partial charge in [-0.15, -0.1) is 0 Å². The number of aromatic nitrogens is 2. The highest BCUT2D eigenvalue weighted by Crippen LogP contribution is 2.25. The third-order valence-electron chi connectivity index (χ3n) is 2.22. The molecule has 0 saturated heterocycles. The highest BCUT2D eigenvalue weighted by Gasteiger charge is 2.09. The SMILES string of the molecule is Cc1ncc(C(=O)Nc2ccc(Cl)cc2Cl)cn1. The fraction of sp³-hybridized carbons (Fsp3) is 0.0833. The van der Waals surface area contributed by atoms with Gasteiger partial charge in [-0.25, -0.2) is 9.97 Å². The maximum atomic E-state index is 11.9. The Morgan fingerprint density at radius 1 is 1.22 bits per heavy atom. The van der Waals surface area contributed by atoms with Gasteiger partial charge in [0.1, 0.15) is 5.82 Å². The van der Waals surface area contributed by atoms with Crippen LogP contribution >= 0.6 is 23.2 Å². The van der Waals surface area contributed by atoms with Crippen LogP contribution in [0.2, 0.25) is 10.0 Å². The molecule has 1 N–H and O–H groups in total. The third kappa shape index (κ3) is 2.97. The van der Waals surface area contributed by atoms with Crippen molar-refractivity contribution >= 4 is 34.8 Å². The summed E-state index contributed by atoms with van der Waals surface area (Å²) >= 11 is 11.7. The molecule has 0 spiro atoms. The maximum absolute atomic E-state index is 11.9. The zero-order chi connectivity index (χ0) is 13.1. The second-order valence-corrected chi connectivity index (χ2v) is 4.44. The highest BCUT2D eigenvalue weighted by atomic mass is 35.5. The van der Waals surface area contributed by atoms with Crippen LogP contribution < -0.4 is 5.32 Å². The monoisotopic (exact) mass is 281 g/mol. The number of benzene rings is 1. The third-order valence-corrected chi connectivity index (χ3v) is 2.77. The molecule has 0 aliphatic rings. The highest BCUT2D eigenvalue weighted by molar-refractivity contribution is 6.36. The number of amides is 1. The number of hydrogen-bond donors (Lipinski definition) is 1. The molecule has 2 rings (SSSR count). The van der Waals surface area contributed by atoms with Gasteiger partial charge in [0, 0.05) is 17.4 Å². The Morgan fingerprint density at radius 2 is 1.89 bits per heavy atom. The van der Waals surface area contributed by atoms with Gasteiger partial charge in [-0.05, 0) is 25.1 Å². The molecule has 6 heteroatoms. The van der Waals surface area contributed by atoms with Crippen LogP contribution in [-0.2, 0) is 0 Å². The molecule has 0 bridgehead atoms. The number of carbonyl (C=O) groups is 1. The number of anilines is 1. The Hall–Kier alpha value is -1.65. The average Bonchev–Trinajstić information content (AvgIpc) is 2.33. The number of aryl methyl sites for hydroxylation is 1. The van der Waals surface area contributed by atoms with E-state index in [-0.39, 0.29) is 5.91 Å². The van der Waals surface area contributed by atoms with Crippen molar-refractivity contribution < 1.29 is 4.79 Å². The van der Waals surface area contributed by atoms with Crippen molar-refractivity contribution in [3.05, 3.63) is 52.0 Å². The fourth-order valence-corrected chi connectivity index (χ4v) is 1.75. The van der Waals surface area contributed by atoms with E-state index in [0.29, 0.717) is 27.1 Å². The maximum Gasteiger partial charge on any atom is 0.258 e. The van der Waals surface area contributed by atoms with E-state index in [1.165, 1.54) is 12.4 Å². The summed E-state index contributed by atoms with van der Waals surface area (Å²) in [6.07, 6.45) is 2.92. The van der Waals surface area contributed by atoms with Gasteiger partial charge in [0.25, 0.3) is 5.91 Å². The van der Waals surface area contributed by atoms with Crippen LogP contribution in [0.5, 0.6) is 0 Å². The summed E-state index contributed by atoms with van der Waals surface area (Å²) in [5, 5.41) is 3.55. The molecule has 0 fully saturated rings. The molecule has 0 unspecified atom stereocenters. The average molecular weight is 282 g/mol. The first-order chi connectivity index (χ1) is 8.56. The van der Waals surface area contributed by atoms with Gasteiger partial charge in [0.15, 0.2) is 0 Å². The van der Waals surface area contributed by atoms with Gasteiger partial charge in [-0.1, -0.05) is 23.2 Å². The lowest BCUT2D eigenvalue weighted by Gasteiger charge is -2.07. The van der Waals surface area contributed by atoms with Crippen LogP contribution in [0, 0.1) is 6.92 Å². The van der Waals surface area contributed by atoms with E-state index in [1.807, 2.05) is 0 Å². The van der Waals surface area contributed by atoms with Crippen LogP contribution in [0.25, 0.3) is 0 Å². The van der Waals surface area contributed by atoms with E-state index in [9.17, 15) is 4.79 Å². The Labute approximate surface area is 114 Å². The Balaban J connectivity index is 2.18. The predicted molar refractivity (Wildman–Crippen MR) is 71.2 cm³/mol. The summed E-state index contributed by atoms with van der Waals surface area (Å²) in [5.41, 5.74) is 0.859. The molecule has 0 saturated carbocycles. The molecule has 1 aromatic heterocycles. The van der Waals surface area contributed by atoms with Crippen LogP contribution in [0.1, 0.15) is 16.2 Å². The van der Waals surface area contributed by atoms with Crippen LogP contribution in [-0.4, -0.2) is 15.9 Å². The molecule has 0 aliphatic carbocycles. The number of rotatable bonds is 2. The van der Waals surface area contributed by atoms with E-state index in [4.69, 9.17) is 23.2 Å². The normalized spacial score (nSPS) is 10.2. The summed E-state index contributed by atoms with van der Waals surface area (Å²) in [4.78, 5) is 19.8. The van der Waals surface area contributed by atoms with Crippen molar-refractivity contribution in [3.8, 4) is 0 Å². The minimum absolute atomic E-state index is 0.320. The zero-order valence-electron chi connectivity index (χ0n) is 9.45. The molecule has 0 atom stereocenters. The standard InChI is InChI=1S/C12H9Cl2N3O/c1-7-15-5-8(6-16-7)12(18)17-11-3-2-9(13)4-10(11)14/h2-6H,1H3,(H,17,18). The van der Waals surface area contributed by atoms with Crippen LogP contribution in [0.3, 0.4) is 0 Å². The largest absolute Gasteiger partial charge is 0.321 e. The van der Waals surface area contributed by atoms with E-state index < -0.39 is 0 Å². The van der Waals surface area contributed by atoms with Gasteiger partial charge in [0.05, 0.1) is 16.3 Å². The van der Waals surface area contributed by atoms with Crippen molar-refractivity contribution in [1.82, 2.24) is 9.97 Å². The summed E-state index contributed by atoms with van der Waals surface area (Å²) in [7, 11) is 0. The minimum atomic E-state index is -0.320. The van der Waals surface area contributed by atoms with E-state index in [1.54, 1.807) is 25.1 Å². The number of carbonyl (C=O) groups excluding carboxylic acids is 1. The summed E-state index contributed by atoms with van der Waals surface area (Å²) in [5.74, 6) is 0.287. The van der Waals surface area contributed by atoms with Crippen molar-refractivity contribution in [3.63, 3.8) is 0 Å². The number of nitrogens with zero attached hydrogens (tertiary/aromatic N) is 2. The lowest BCUT2D eigenvalue weighted by Crippen LogP contribution is -2.13. The molecule has 0 radical (unpaired) electrons. The van der Waals surface area contributed by atoms with Crippen molar-refractivity contribution in [2.45, 2.75) is 6.92 Å². The second-order valence-electron chi connectivity index (χ2n) is 3.60. The minimum Gasteiger partial charge on any atom is -0.321 e. The molecule has 1 amide bonds. The van der Waals surface area contributed by atoms with E-state index >= 15 is 0 Å². The Kier molecular flexibility index (Phi) is 3.79. The van der Waals surface area contributed by atoms with Gasteiger partial charge in [-0.3, -0.25) is 4.79 Å². The second kappa shape index (κ2) is 5.33. The van der Waals surface area contributed by atoms with Gasteiger partial charge in [-0.2, -0.15) is 0 Å². The number of hydrogen-bond acceptors (Lipinski definition) is 3. The van der Waals surface area contributed by atoms with E-state index in [2.05, 4.69) is 15.3 Å². The first-order valence-corrected chi connectivity index (χ1v) is 5.87. The molecule has 4 nitrogen and oxygen atoms in total. The number of nitrogens with one attached hydrogen (secondary N) is 1. The summed E-state index contributed by atoms with van der Waals surface area (Å²) in [6.45, 7) is 1.75. The van der Waals surface area contributed by atoms with E-state index in [0.717, 1.165) is 0 Å². The molecule has 92 valence electrons. The molecular weight excluding hydrogens is 273 g/mol. The molecule has 1 aromatic carbocycles. The summed E-state index contributed by atoms with van der Waals surface area (Å²) < 4.78 is 0. The zero-order valence-corrected chi connectivity index (χ0v) is 11.0. The molecule has 1 heterocycles. The quantitative estimate of drug-likeness (QED) is 0.919. The van der Waals surface area contributed by atoms with Crippen molar-refractivity contribution in [2.24, 2.45) is 0 Å². The molecule has 0 aliphatic heterocycles. The van der Waals surface area contributed by atoms with Crippen LogP contribution in [0.15, 0.2) is 30.6 Å². The topological polar surface area (TPSA) is 54.9 Å². The molecule has 2 aromatic rings. The first-order valence-electron chi connectivity index (χ1n) is 5.11. The lowest BCUT2D eigenvalue weighted by molar-refractivity contribution is 0.102. The Morgan fingerprint density at radius 3 is 2.50 bits per heavy atom. The summed E-state index contributed by atoms with van der Waals surface area (Å²) in [6, 6.07) is 4.84. The molecule has 18 heavy (non-hydrogen) atoms. The Bertz CT molecular complexity index is 584. The van der Waals surface area contributed by atoms with Crippen LogP contribution in [0.4, 0.5) is 5.69 Å². The first kappa shape index (κ1) is 12.8. The van der Waals surface area contributed by atoms with Gasteiger partial charge >= 0.3 is 0 Å². The van der Waals surface area contributed by atoms with Crippen molar-refractivity contribution in [2.75, 3.05) is 5.32 Å². The van der Waals surface area contributed by atoms with Gasteiger partial charge in [0.2, 0.25) is 0 Å². The van der Waals surface area contributed by atoms with Gasteiger partial charge < -0.3 is 5.32 Å². The van der Waals surface area contributed by atoms with Crippen molar-refractivity contribution in [1.29, 1.82) is 0 Å². The predicted octanol–water partition coefficient (Wildman–Crippen LogP) is 3.34. The number of halogens is 2. The molecular formula is C12H9Cl2N3O. The fourth-order valence-electron chi connectivity index (χ4n) is 1.30. The lowest BCUT2D eigenvalue weighted by atomic mass is 10.2. The smallest absolute Gasteiger partial charge is 0.258 e.